The van der Waals surface area contributed by atoms with Gasteiger partial charge < -0.3 is 14.8 Å². The van der Waals surface area contributed by atoms with E-state index in [2.05, 4.69) is 47.8 Å². The predicted octanol–water partition coefficient (Wildman–Crippen LogP) is 3.93. The van der Waals surface area contributed by atoms with Crippen LogP contribution in [-0.2, 0) is 19.7 Å². The van der Waals surface area contributed by atoms with Gasteiger partial charge in [-0.3, -0.25) is 0 Å². The lowest BCUT2D eigenvalue weighted by molar-refractivity contribution is -0.686. The fourth-order valence-electron chi connectivity index (χ4n) is 2.89. The van der Waals surface area contributed by atoms with Crippen LogP contribution in [-0.4, -0.2) is 6.61 Å². The standard InChI is InChI=1S/C23H25NO2/c1-2-25-22-15-9-14-21(17-24-16-19-10-5-3-6-11-19)23(22)26-18-20-12-7-4-8-13-20/h3-15,24H,2,16-18H2,1H3/p+1. The molecule has 0 aliphatic carbocycles. The molecule has 3 rings (SSSR count). The molecule has 0 bridgehead atoms. The zero-order valence-corrected chi connectivity index (χ0v) is 15.2. The third-order valence-electron chi connectivity index (χ3n) is 4.17. The maximum Gasteiger partial charge on any atom is 0.170 e. The Hall–Kier alpha value is -2.78. The van der Waals surface area contributed by atoms with Gasteiger partial charge in [0, 0.05) is 5.56 Å². The first-order valence-electron chi connectivity index (χ1n) is 9.14. The fourth-order valence-corrected chi connectivity index (χ4v) is 2.89. The largest absolute Gasteiger partial charge is 0.490 e. The molecule has 0 spiro atoms. The molecule has 0 atom stereocenters. The van der Waals surface area contributed by atoms with Gasteiger partial charge in [0.25, 0.3) is 0 Å². The van der Waals surface area contributed by atoms with Crippen LogP contribution in [0.4, 0.5) is 0 Å². The molecule has 3 aromatic rings. The molecule has 0 radical (unpaired) electrons. The summed E-state index contributed by atoms with van der Waals surface area (Å²) in [6.45, 7) is 4.95. The highest BCUT2D eigenvalue weighted by Gasteiger charge is 2.13. The molecule has 3 aromatic carbocycles. The number of ether oxygens (including phenoxy) is 2. The maximum atomic E-state index is 6.16. The van der Waals surface area contributed by atoms with E-state index in [4.69, 9.17) is 9.47 Å². The second kappa shape index (κ2) is 9.64. The molecule has 0 aliphatic rings. The first kappa shape index (κ1) is 18.0. The number of quaternary nitrogens is 1. The second-order valence-electron chi connectivity index (χ2n) is 6.13. The van der Waals surface area contributed by atoms with E-state index in [1.54, 1.807) is 0 Å². The van der Waals surface area contributed by atoms with Crippen LogP contribution in [0.3, 0.4) is 0 Å². The zero-order chi connectivity index (χ0) is 18.0. The van der Waals surface area contributed by atoms with Crippen LogP contribution in [0.5, 0.6) is 11.5 Å². The summed E-state index contributed by atoms with van der Waals surface area (Å²) in [4.78, 5) is 0. The highest BCUT2D eigenvalue weighted by molar-refractivity contribution is 5.46. The van der Waals surface area contributed by atoms with E-state index in [0.29, 0.717) is 13.2 Å². The van der Waals surface area contributed by atoms with Crippen molar-refractivity contribution < 1.29 is 14.8 Å². The molecule has 3 heteroatoms. The second-order valence-corrected chi connectivity index (χ2v) is 6.13. The monoisotopic (exact) mass is 348 g/mol. The van der Waals surface area contributed by atoms with Crippen LogP contribution in [0, 0.1) is 0 Å². The van der Waals surface area contributed by atoms with Crippen molar-refractivity contribution in [2.45, 2.75) is 26.6 Å². The Morgan fingerprint density at radius 3 is 2.08 bits per heavy atom. The van der Waals surface area contributed by atoms with E-state index in [1.165, 1.54) is 5.56 Å². The maximum absolute atomic E-state index is 6.16. The lowest BCUT2D eigenvalue weighted by Crippen LogP contribution is -2.80. The number of hydrogen-bond donors (Lipinski definition) is 1. The van der Waals surface area contributed by atoms with Crippen molar-refractivity contribution in [3.05, 3.63) is 95.6 Å². The summed E-state index contributed by atoms with van der Waals surface area (Å²) in [7, 11) is 0. The minimum Gasteiger partial charge on any atom is -0.490 e. The number of hydrogen-bond acceptors (Lipinski definition) is 2. The van der Waals surface area contributed by atoms with Gasteiger partial charge in [-0.05, 0) is 24.6 Å². The molecule has 0 heterocycles. The molecule has 0 aromatic heterocycles. The summed E-state index contributed by atoms with van der Waals surface area (Å²) in [5.74, 6) is 1.66. The summed E-state index contributed by atoms with van der Waals surface area (Å²) >= 11 is 0. The highest BCUT2D eigenvalue weighted by Crippen LogP contribution is 2.31. The van der Waals surface area contributed by atoms with E-state index >= 15 is 0 Å². The van der Waals surface area contributed by atoms with Crippen molar-refractivity contribution in [3.8, 4) is 11.5 Å². The summed E-state index contributed by atoms with van der Waals surface area (Å²) in [5, 5.41) is 2.29. The van der Waals surface area contributed by atoms with Gasteiger partial charge in [0.1, 0.15) is 19.7 Å². The minimum absolute atomic E-state index is 0.538. The Morgan fingerprint density at radius 2 is 1.38 bits per heavy atom. The van der Waals surface area contributed by atoms with Crippen molar-refractivity contribution in [2.75, 3.05) is 6.61 Å². The number of rotatable bonds is 9. The number of nitrogens with two attached hydrogens (primary N) is 1. The minimum atomic E-state index is 0.538. The zero-order valence-electron chi connectivity index (χ0n) is 15.2. The van der Waals surface area contributed by atoms with Crippen LogP contribution < -0.4 is 14.8 Å². The van der Waals surface area contributed by atoms with Gasteiger partial charge >= 0.3 is 0 Å². The van der Waals surface area contributed by atoms with Crippen LogP contribution in [0.2, 0.25) is 0 Å². The molecule has 0 unspecified atom stereocenters. The normalized spacial score (nSPS) is 10.5. The summed E-state index contributed by atoms with van der Waals surface area (Å²) in [6.07, 6.45) is 0. The molecule has 3 nitrogen and oxygen atoms in total. The van der Waals surface area contributed by atoms with Crippen molar-refractivity contribution >= 4 is 0 Å². The Morgan fingerprint density at radius 1 is 0.692 bits per heavy atom. The van der Waals surface area contributed by atoms with Crippen molar-refractivity contribution in [1.29, 1.82) is 0 Å². The van der Waals surface area contributed by atoms with Crippen LogP contribution >= 0.6 is 0 Å². The van der Waals surface area contributed by atoms with Gasteiger partial charge in [-0.2, -0.15) is 0 Å². The Balaban J connectivity index is 1.70. The fraction of sp³-hybridized carbons (Fsp3) is 0.217. The van der Waals surface area contributed by atoms with Crippen LogP contribution in [0.15, 0.2) is 78.9 Å². The molecule has 0 saturated heterocycles. The Bertz CT molecular complexity index is 788. The lowest BCUT2D eigenvalue weighted by atomic mass is 10.1. The van der Waals surface area contributed by atoms with Gasteiger partial charge in [-0.1, -0.05) is 66.7 Å². The van der Waals surface area contributed by atoms with Gasteiger partial charge in [-0.15, -0.1) is 0 Å². The van der Waals surface area contributed by atoms with Crippen molar-refractivity contribution in [2.24, 2.45) is 0 Å². The third-order valence-corrected chi connectivity index (χ3v) is 4.17. The van der Waals surface area contributed by atoms with E-state index in [9.17, 15) is 0 Å². The molecular formula is C23H26NO2+. The van der Waals surface area contributed by atoms with E-state index in [1.807, 2.05) is 43.3 Å². The van der Waals surface area contributed by atoms with Gasteiger partial charge in [0.05, 0.1) is 12.2 Å². The molecule has 2 N–H and O–H groups in total. The smallest absolute Gasteiger partial charge is 0.170 e. The van der Waals surface area contributed by atoms with Crippen molar-refractivity contribution in [3.63, 3.8) is 0 Å². The van der Waals surface area contributed by atoms with Crippen LogP contribution in [0.25, 0.3) is 0 Å². The first-order chi connectivity index (χ1) is 12.9. The van der Waals surface area contributed by atoms with Crippen LogP contribution in [0.1, 0.15) is 23.6 Å². The third kappa shape index (κ3) is 5.11. The number of benzene rings is 3. The first-order valence-corrected chi connectivity index (χ1v) is 9.14. The summed E-state index contributed by atoms with van der Waals surface area (Å²) < 4.78 is 12.0. The van der Waals surface area contributed by atoms with E-state index < -0.39 is 0 Å². The average Bonchev–Trinajstić information content (AvgIpc) is 2.69. The summed E-state index contributed by atoms with van der Waals surface area (Å²) in [6, 6.07) is 26.9. The van der Waals surface area contributed by atoms with Gasteiger partial charge in [-0.25, -0.2) is 0 Å². The topological polar surface area (TPSA) is 35.1 Å². The van der Waals surface area contributed by atoms with Gasteiger partial charge in [0.2, 0.25) is 0 Å². The quantitative estimate of drug-likeness (QED) is 0.636. The summed E-state index contributed by atoms with van der Waals surface area (Å²) in [5.41, 5.74) is 3.63. The Labute approximate surface area is 155 Å². The predicted molar refractivity (Wildman–Crippen MR) is 104 cm³/mol. The lowest BCUT2D eigenvalue weighted by Gasteiger charge is -2.15. The molecule has 0 fully saturated rings. The molecule has 26 heavy (non-hydrogen) atoms. The highest BCUT2D eigenvalue weighted by atomic mass is 16.5. The number of para-hydroxylation sites is 1. The van der Waals surface area contributed by atoms with E-state index in [0.717, 1.165) is 35.7 Å². The SMILES string of the molecule is CCOc1cccc(C[NH2+]Cc2ccccc2)c1OCc1ccccc1. The molecular weight excluding hydrogens is 322 g/mol. The van der Waals surface area contributed by atoms with Crippen molar-refractivity contribution in [1.82, 2.24) is 0 Å². The van der Waals surface area contributed by atoms with E-state index in [-0.39, 0.29) is 0 Å². The molecule has 0 aliphatic heterocycles. The molecule has 134 valence electrons. The molecule has 0 saturated carbocycles. The molecule has 0 amide bonds. The average molecular weight is 348 g/mol. The van der Waals surface area contributed by atoms with Gasteiger partial charge in [0.15, 0.2) is 11.5 Å². The Kier molecular flexibility index (Phi) is 6.68.